The van der Waals surface area contributed by atoms with Gasteiger partial charge in [-0.05, 0) is 37.1 Å². The van der Waals surface area contributed by atoms with Gasteiger partial charge in [-0.25, -0.2) is 18.1 Å². The number of amides is 2. The van der Waals surface area contributed by atoms with Crippen molar-refractivity contribution in [3.63, 3.8) is 0 Å². The molecule has 2 aliphatic rings. The number of halogens is 2. The van der Waals surface area contributed by atoms with Crippen LogP contribution in [-0.2, 0) is 23.0 Å². The second-order valence-electron chi connectivity index (χ2n) is 9.94. The lowest BCUT2D eigenvalue weighted by Gasteiger charge is -2.32. The molecule has 5 rings (SSSR count). The highest BCUT2D eigenvalue weighted by molar-refractivity contribution is 7.88. The van der Waals surface area contributed by atoms with Gasteiger partial charge in [-0.2, -0.15) is 0 Å². The minimum Gasteiger partial charge on any atom is -0.351 e. The Hall–Kier alpha value is -2.22. The Labute approximate surface area is 242 Å². The molecule has 1 saturated carbocycles. The third kappa shape index (κ3) is 7.50. The number of hydrogen-bond acceptors (Lipinski definition) is 7. The van der Waals surface area contributed by atoms with Crippen molar-refractivity contribution in [3.05, 3.63) is 50.6 Å². The topological polar surface area (TPSA) is 136 Å². The molecule has 0 spiro atoms. The highest BCUT2D eigenvalue weighted by Crippen LogP contribution is 2.26. The molecule has 3 heterocycles. The van der Waals surface area contributed by atoms with E-state index in [1.165, 1.54) is 11.3 Å². The Balaban J connectivity index is 0.00000353. The summed E-state index contributed by atoms with van der Waals surface area (Å²) in [5, 5.41) is 8.14. The van der Waals surface area contributed by atoms with E-state index in [0.717, 1.165) is 66.4 Å². The fourth-order valence-corrected chi connectivity index (χ4v) is 6.80. The molecule has 0 radical (unpaired) electrons. The molecule has 1 fully saturated rings. The lowest BCUT2D eigenvalue weighted by molar-refractivity contribution is 0.0860. The van der Waals surface area contributed by atoms with Crippen LogP contribution in [0, 0.1) is 0 Å². The molecule has 3 aromatic rings. The zero-order chi connectivity index (χ0) is 26.9. The number of benzene rings is 1. The molecule has 2 aromatic heterocycles. The Morgan fingerprint density at radius 3 is 2.59 bits per heavy atom. The zero-order valence-electron chi connectivity index (χ0n) is 21.5. The summed E-state index contributed by atoms with van der Waals surface area (Å²) in [4.78, 5) is 37.1. The van der Waals surface area contributed by atoms with Gasteiger partial charge in [0.05, 0.1) is 11.9 Å². The second-order valence-corrected chi connectivity index (χ2v) is 13.3. The van der Waals surface area contributed by atoms with Crippen LogP contribution >= 0.6 is 35.3 Å². The third-order valence-corrected chi connectivity index (χ3v) is 9.07. The molecule has 1 aromatic carbocycles. The second kappa shape index (κ2) is 12.5. The number of thiazole rings is 1. The van der Waals surface area contributed by atoms with Gasteiger partial charge >= 0.3 is 0 Å². The predicted octanol–water partition coefficient (Wildman–Crippen LogP) is 3.08. The van der Waals surface area contributed by atoms with Crippen molar-refractivity contribution < 1.29 is 18.0 Å². The number of sulfonamides is 1. The summed E-state index contributed by atoms with van der Waals surface area (Å²) in [5.74, 6) is -0.431. The van der Waals surface area contributed by atoms with Crippen LogP contribution in [0.25, 0.3) is 10.9 Å². The molecule has 1 aliphatic heterocycles. The first-order chi connectivity index (χ1) is 18.1. The molecular weight excluding hydrogens is 583 g/mol. The van der Waals surface area contributed by atoms with Crippen LogP contribution < -0.4 is 15.4 Å². The summed E-state index contributed by atoms with van der Waals surface area (Å²) in [5.41, 5.74) is 2.23. The summed E-state index contributed by atoms with van der Waals surface area (Å²) in [6, 6.07) is 6.86. The monoisotopic (exact) mass is 614 g/mol. The number of nitrogens with zero attached hydrogens (tertiary/aromatic N) is 2. The number of H-pyrrole nitrogens is 1. The maximum absolute atomic E-state index is 13.2. The van der Waals surface area contributed by atoms with Crippen molar-refractivity contribution in [2.75, 3.05) is 25.9 Å². The number of carbonyl (C=O) groups is 2. The van der Waals surface area contributed by atoms with E-state index in [1.54, 1.807) is 12.1 Å². The van der Waals surface area contributed by atoms with Gasteiger partial charge in [-0.1, -0.05) is 24.4 Å². The first-order valence-corrected chi connectivity index (χ1v) is 15.8. The molecule has 0 saturated heterocycles. The predicted molar refractivity (Wildman–Crippen MR) is 155 cm³/mol. The average molecular weight is 616 g/mol. The van der Waals surface area contributed by atoms with Crippen molar-refractivity contribution in [3.8, 4) is 0 Å². The minimum absolute atomic E-state index is 0. The van der Waals surface area contributed by atoms with Gasteiger partial charge in [0.2, 0.25) is 10.0 Å². The molecule has 4 N–H and O–H groups in total. The Morgan fingerprint density at radius 2 is 1.87 bits per heavy atom. The molecule has 0 bridgehead atoms. The third-order valence-electron chi connectivity index (χ3n) is 7.02. The van der Waals surface area contributed by atoms with E-state index >= 15 is 0 Å². The molecular formula is C25H32Cl2N6O4S2. The van der Waals surface area contributed by atoms with E-state index in [2.05, 4.69) is 30.2 Å². The number of hydrogen-bond donors (Lipinski definition) is 4. The van der Waals surface area contributed by atoms with E-state index < -0.39 is 10.0 Å². The number of rotatable bonds is 8. The summed E-state index contributed by atoms with van der Waals surface area (Å²) in [6.45, 7) is 2.35. The van der Waals surface area contributed by atoms with Crippen molar-refractivity contribution in [2.45, 2.75) is 50.7 Å². The first-order valence-electron chi connectivity index (χ1n) is 12.7. The maximum atomic E-state index is 13.2. The van der Waals surface area contributed by atoms with Crippen LogP contribution in [0.3, 0.4) is 0 Å². The number of carbonyl (C=O) groups excluding carboxylic acids is 2. The van der Waals surface area contributed by atoms with Gasteiger partial charge in [0, 0.05) is 65.5 Å². The first kappa shape index (κ1) is 29.8. The molecule has 14 heteroatoms. The largest absolute Gasteiger partial charge is 0.351 e. The van der Waals surface area contributed by atoms with Crippen LogP contribution in [-0.4, -0.2) is 73.1 Å². The van der Waals surface area contributed by atoms with Gasteiger partial charge in [-0.15, -0.1) is 23.7 Å². The molecule has 39 heavy (non-hydrogen) atoms. The summed E-state index contributed by atoms with van der Waals surface area (Å²) in [6.07, 6.45) is 5.40. The fourth-order valence-electron chi connectivity index (χ4n) is 5.10. The fraction of sp³-hybridized carbons (Fsp3) is 0.480. The number of fused-ring (bicyclic) bond motifs is 2. The highest BCUT2D eigenvalue weighted by Gasteiger charge is 2.30. The van der Waals surface area contributed by atoms with Crippen LogP contribution in [0.1, 0.15) is 56.5 Å². The molecule has 1 aliphatic carbocycles. The van der Waals surface area contributed by atoms with Crippen molar-refractivity contribution in [1.82, 2.24) is 30.2 Å². The van der Waals surface area contributed by atoms with Gasteiger partial charge in [0.1, 0.15) is 5.69 Å². The van der Waals surface area contributed by atoms with Gasteiger partial charge < -0.3 is 15.6 Å². The van der Waals surface area contributed by atoms with E-state index in [0.29, 0.717) is 35.4 Å². The lowest BCUT2D eigenvalue weighted by Crippen LogP contribution is -2.53. The normalized spacial score (nSPS) is 19.7. The van der Waals surface area contributed by atoms with Crippen molar-refractivity contribution >= 4 is 68.1 Å². The number of aromatic nitrogens is 2. The SMILES string of the molecule is CS(=O)(=O)NCCN1CCc2nc(C(=O)N[C@H]3CCCC[C@H]3NC(=O)c3cc4cc(Cl)ccc4[nH]3)sc2C1.Cl. The van der Waals surface area contributed by atoms with Gasteiger partial charge in [0.25, 0.3) is 11.8 Å². The van der Waals surface area contributed by atoms with E-state index in [4.69, 9.17) is 11.6 Å². The van der Waals surface area contributed by atoms with Crippen molar-refractivity contribution in [1.29, 1.82) is 0 Å². The van der Waals surface area contributed by atoms with Gasteiger partial charge in [0.15, 0.2) is 5.01 Å². The number of nitrogens with one attached hydrogen (secondary N) is 4. The summed E-state index contributed by atoms with van der Waals surface area (Å²) < 4.78 is 25.1. The average Bonchev–Trinajstić information content (AvgIpc) is 3.48. The molecule has 0 unspecified atom stereocenters. The summed E-state index contributed by atoms with van der Waals surface area (Å²) >= 11 is 7.46. The van der Waals surface area contributed by atoms with E-state index in [-0.39, 0.29) is 36.3 Å². The van der Waals surface area contributed by atoms with Crippen LogP contribution in [0.4, 0.5) is 0 Å². The molecule has 10 nitrogen and oxygen atoms in total. The highest BCUT2D eigenvalue weighted by atomic mass is 35.5. The van der Waals surface area contributed by atoms with Crippen LogP contribution in [0.5, 0.6) is 0 Å². The molecule has 2 amide bonds. The van der Waals surface area contributed by atoms with Crippen LogP contribution in [0.2, 0.25) is 5.02 Å². The molecule has 2 atom stereocenters. The Kier molecular flexibility index (Phi) is 9.56. The lowest BCUT2D eigenvalue weighted by atomic mass is 9.90. The standard InChI is InChI=1S/C25H31ClN6O4S2.ClH/c1-38(35,36)27-9-11-32-10-8-20-22(14-32)37-25(31-20)24(34)30-19-5-3-2-4-18(19)29-23(33)21-13-15-12-16(26)6-7-17(15)28-21;/h6-7,12-13,18-19,27-28H,2-5,8-11,14H2,1H3,(H,29,33)(H,30,34);1H/t18-,19+;/m1./s1. The smallest absolute Gasteiger partial charge is 0.280 e. The summed E-state index contributed by atoms with van der Waals surface area (Å²) in [7, 11) is -3.21. The van der Waals surface area contributed by atoms with E-state index in [1.807, 2.05) is 12.1 Å². The zero-order valence-corrected chi connectivity index (χ0v) is 24.7. The number of aromatic amines is 1. The molecule has 212 valence electrons. The maximum Gasteiger partial charge on any atom is 0.280 e. The Bertz CT molecular complexity index is 1460. The Morgan fingerprint density at radius 1 is 1.15 bits per heavy atom. The van der Waals surface area contributed by atoms with Crippen LogP contribution in [0.15, 0.2) is 24.3 Å². The van der Waals surface area contributed by atoms with Crippen molar-refractivity contribution in [2.24, 2.45) is 0 Å². The quantitative estimate of drug-likeness (QED) is 0.308. The van der Waals surface area contributed by atoms with E-state index in [9.17, 15) is 18.0 Å². The van der Waals surface area contributed by atoms with Gasteiger partial charge in [-0.3, -0.25) is 14.5 Å². The minimum atomic E-state index is -3.21.